The molecule has 60 valence electrons. The molecule has 0 aliphatic heterocycles. The molecular formula is C6H10N4O. The molecule has 2 N–H and O–H groups in total. The first-order valence-corrected chi connectivity index (χ1v) is 3.45. The van der Waals surface area contributed by atoms with Crippen LogP contribution in [-0.2, 0) is 11.2 Å². The predicted octanol–water partition coefficient (Wildman–Crippen LogP) is -0.517. The van der Waals surface area contributed by atoms with Gasteiger partial charge in [-0.25, -0.2) is 0 Å². The largest absolute Gasteiger partial charge is 0.356 e. The van der Waals surface area contributed by atoms with Crippen LogP contribution >= 0.6 is 0 Å². The number of aromatic amines is 1. The van der Waals surface area contributed by atoms with Crippen LogP contribution in [0.3, 0.4) is 0 Å². The lowest BCUT2D eigenvalue weighted by Gasteiger charge is -1.96. The quantitative estimate of drug-likeness (QED) is 0.615. The number of carbonyl (C=O) groups is 1. The Kier molecular flexibility index (Phi) is 2.59. The zero-order chi connectivity index (χ0) is 8.10. The van der Waals surface area contributed by atoms with Crippen LogP contribution in [0.5, 0.6) is 0 Å². The average molecular weight is 154 g/mol. The molecule has 1 amide bonds. The Morgan fingerprint density at radius 2 is 2.64 bits per heavy atom. The molecule has 0 bridgehead atoms. The van der Waals surface area contributed by atoms with Gasteiger partial charge in [0.05, 0.1) is 12.1 Å². The smallest absolute Gasteiger partial charge is 0.226 e. The highest BCUT2D eigenvalue weighted by atomic mass is 16.1. The van der Waals surface area contributed by atoms with Crippen LogP contribution in [0.1, 0.15) is 12.6 Å². The van der Waals surface area contributed by atoms with Gasteiger partial charge in [0.15, 0.2) is 0 Å². The molecule has 1 rings (SSSR count). The van der Waals surface area contributed by atoms with Crippen molar-refractivity contribution in [2.75, 3.05) is 6.54 Å². The lowest BCUT2D eigenvalue weighted by molar-refractivity contribution is -0.120. The van der Waals surface area contributed by atoms with Crippen LogP contribution in [0.4, 0.5) is 0 Å². The number of amides is 1. The third kappa shape index (κ3) is 2.37. The number of hydrogen-bond acceptors (Lipinski definition) is 3. The van der Waals surface area contributed by atoms with E-state index in [-0.39, 0.29) is 5.91 Å². The minimum absolute atomic E-state index is 0.0265. The van der Waals surface area contributed by atoms with Gasteiger partial charge in [0.25, 0.3) is 0 Å². The number of likely N-dealkylation sites (N-methyl/N-ethyl adjacent to an activating group) is 1. The van der Waals surface area contributed by atoms with E-state index in [1.165, 1.54) is 0 Å². The number of nitrogens with zero attached hydrogens (tertiary/aromatic N) is 2. The zero-order valence-electron chi connectivity index (χ0n) is 6.29. The van der Waals surface area contributed by atoms with Gasteiger partial charge < -0.3 is 5.32 Å². The number of nitrogens with one attached hydrogen (secondary N) is 2. The summed E-state index contributed by atoms with van der Waals surface area (Å²) in [7, 11) is 0. The van der Waals surface area contributed by atoms with Gasteiger partial charge in [-0.15, -0.1) is 5.10 Å². The van der Waals surface area contributed by atoms with Crippen molar-refractivity contribution in [3.63, 3.8) is 0 Å². The molecule has 11 heavy (non-hydrogen) atoms. The molecule has 0 radical (unpaired) electrons. The fraction of sp³-hybridized carbons (Fsp3) is 0.500. The fourth-order valence-corrected chi connectivity index (χ4v) is 0.736. The van der Waals surface area contributed by atoms with Gasteiger partial charge in [0.2, 0.25) is 5.91 Å². The average Bonchev–Trinajstić information content (AvgIpc) is 2.40. The molecule has 0 spiro atoms. The minimum Gasteiger partial charge on any atom is -0.356 e. The van der Waals surface area contributed by atoms with E-state index in [4.69, 9.17) is 0 Å². The molecule has 0 aliphatic carbocycles. The highest BCUT2D eigenvalue weighted by Crippen LogP contribution is 1.89. The Bertz CT molecular complexity index is 218. The Balaban J connectivity index is 2.37. The van der Waals surface area contributed by atoms with E-state index in [1.54, 1.807) is 6.20 Å². The Hall–Kier alpha value is -1.39. The summed E-state index contributed by atoms with van der Waals surface area (Å²) >= 11 is 0. The van der Waals surface area contributed by atoms with E-state index < -0.39 is 0 Å². The number of carbonyl (C=O) groups excluding carboxylic acids is 1. The second kappa shape index (κ2) is 3.70. The molecule has 1 aromatic rings. The van der Waals surface area contributed by atoms with Gasteiger partial charge in [0.1, 0.15) is 0 Å². The standard InChI is InChI=1S/C6H10N4O/c1-2-7-6(11)3-5-4-8-10-9-5/h4H,2-3H2,1H3,(H,7,11)(H,8,9,10). The minimum atomic E-state index is -0.0265. The van der Waals surface area contributed by atoms with Crippen LogP contribution < -0.4 is 5.32 Å². The maximum absolute atomic E-state index is 10.9. The van der Waals surface area contributed by atoms with Crippen molar-refractivity contribution in [1.29, 1.82) is 0 Å². The number of aromatic nitrogens is 3. The second-order valence-corrected chi connectivity index (χ2v) is 2.10. The van der Waals surface area contributed by atoms with Crippen LogP contribution in [-0.4, -0.2) is 27.9 Å². The van der Waals surface area contributed by atoms with Crippen LogP contribution in [0.2, 0.25) is 0 Å². The monoisotopic (exact) mass is 154 g/mol. The van der Waals surface area contributed by atoms with E-state index in [0.717, 1.165) is 0 Å². The molecule has 5 nitrogen and oxygen atoms in total. The SMILES string of the molecule is CCNC(=O)Cc1c[nH]nn1. The number of H-pyrrole nitrogens is 1. The molecule has 0 saturated heterocycles. The Morgan fingerprint density at radius 1 is 1.82 bits per heavy atom. The van der Waals surface area contributed by atoms with Crippen molar-refractivity contribution in [2.24, 2.45) is 0 Å². The Morgan fingerprint density at radius 3 is 3.18 bits per heavy atom. The third-order valence-electron chi connectivity index (χ3n) is 1.18. The second-order valence-electron chi connectivity index (χ2n) is 2.10. The first-order valence-electron chi connectivity index (χ1n) is 3.45. The van der Waals surface area contributed by atoms with Gasteiger partial charge in [-0.05, 0) is 6.92 Å². The number of hydrogen-bond donors (Lipinski definition) is 2. The highest BCUT2D eigenvalue weighted by molar-refractivity contribution is 5.77. The van der Waals surface area contributed by atoms with Gasteiger partial charge in [-0.2, -0.15) is 0 Å². The van der Waals surface area contributed by atoms with Crippen LogP contribution in [0.25, 0.3) is 0 Å². The fourth-order valence-electron chi connectivity index (χ4n) is 0.736. The first kappa shape index (κ1) is 7.71. The maximum Gasteiger partial charge on any atom is 0.226 e. The lowest BCUT2D eigenvalue weighted by Crippen LogP contribution is -2.24. The summed E-state index contributed by atoms with van der Waals surface area (Å²) in [6.45, 7) is 2.53. The Labute approximate surface area is 64.2 Å². The van der Waals surface area contributed by atoms with E-state index in [2.05, 4.69) is 20.7 Å². The molecule has 5 heteroatoms. The van der Waals surface area contributed by atoms with E-state index in [9.17, 15) is 4.79 Å². The maximum atomic E-state index is 10.9. The molecule has 0 saturated carbocycles. The van der Waals surface area contributed by atoms with Crippen molar-refractivity contribution in [3.05, 3.63) is 11.9 Å². The zero-order valence-corrected chi connectivity index (χ0v) is 6.29. The summed E-state index contributed by atoms with van der Waals surface area (Å²) in [4.78, 5) is 10.9. The molecular weight excluding hydrogens is 144 g/mol. The molecule has 0 atom stereocenters. The molecule has 0 unspecified atom stereocenters. The molecule has 0 fully saturated rings. The van der Waals surface area contributed by atoms with Gasteiger partial charge >= 0.3 is 0 Å². The highest BCUT2D eigenvalue weighted by Gasteiger charge is 2.02. The third-order valence-corrected chi connectivity index (χ3v) is 1.18. The lowest BCUT2D eigenvalue weighted by atomic mass is 10.3. The van der Waals surface area contributed by atoms with E-state index in [1.807, 2.05) is 6.92 Å². The topological polar surface area (TPSA) is 70.7 Å². The van der Waals surface area contributed by atoms with Gasteiger partial charge in [-0.1, -0.05) is 5.21 Å². The summed E-state index contributed by atoms with van der Waals surface area (Å²) in [5.74, 6) is -0.0265. The summed E-state index contributed by atoms with van der Waals surface area (Å²) in [6.07, 6.45) is 1.90. The summed E-state index contributed by atoms with van der Waals surface area (Å²) in [5, 5.41) is 12.4. The summed E-state index contributed by atoms with van der Waals surface area (Å²) < 4.78 is 0. The molecule has 0 aromatic carbocycles. The normalized spacial score (nSPS) is 9.55. The van der Waals surface area contributed by atoms with Crippen molar-refractivity contribution in [1.82, 2.24) is 20.7 Å². The molecule has 1 heterocycles. The van der Waals surface area contributed by atoms with Crippen molar-refractivity contribution in [2.45, 2.75) is 13.3 Å². The van der Waals surface area contributed by atoms with Crippen molar-refractivity contribution >= 4 is 5.91 Å². The van der Waals surface area contributed by atoms with Gasteiger partial charge in [-0.3, -0.25) is 9.89 Å². The van der Waals surface area contributed by atoms with E-state index in [0.29, 0.717) is 18.7 Å². The summed E-state index contributed by atoms with van der Waals surface area (Å²) in [5.41, 5.74) is 0.663. The van der Waals surface area contributed by atoms with Gasteiger partial charge in [0, 0.05) is 12.7 Å². The predicted molar refractivity (Wildman–Crippen MR) is 38.8 cm³/mol. The number of rotatable bonds is 3. The van der Waals surface area contributed by atoms with Crippen LogP contribution in [0, 0.1) is 0 Å². The first-order chi connectivity index (χ1) is 5.33. The van der Waals surface area contributed by atoms with Crippen molar-refractivity contribution in [3.8, 4) is 0 Å². The molecule has 0 aliphatic rings. The molecule has 1 aromatic heterocycles. The van der Waals surface area contributed by atoms with Crippen molar-refractivity contribution < 1.29 is 4.79 Å². The van der Waals surface area contributed by atoms with Crippen LogP contribution in [0.15, 0.2) is 6.20 Å². The van der Waals surface area contributed by atoms with E-state index >= 15 is 0 Å². The summed E-state index contributed by atoms with van der Waals surface area (Å²) in [6, 6.07) is 0.